The summed E-state index contributed by atoms with van der Waals surface area (Å²) >= 11 is 0. The Labute approximate surface area is 202 Å². The van der Waals surface area contributed by atoms with E-state index in [-0.39, 0.29) is 17.4 Å². The number of para-hydroxylation sites is 2. The summed E-state index contributed by atoms with van der Waals surface area (Å²) in [6.07, 6.45) is 0.928. The molecule has 1 heterocycles. The lowest BCUT2D eigenvalue weighted by molar-refractivity contribution is -0.384. The average Bonchev–Trinajstić information content (AvgIpc) is 3.05. The number of ketones is 1. The molecule has 0 aromatic heterocycles. The number of nitro benzene ring substituents is 1. The fourth-order valence-corrected chi connectivity index (χ4v) is 4.90. The van der Waals surface area contributed by atoms with Crippen molar-refractivity contribution < 1.29 is 19.2 Å². The maximum Gasteiger partial charge on any atom is 0.269 e. The van der Waals surface area contributed by atoms with Gasteiger partial charge in [-0.05, 0) is 47.7 Å². The first-order valence-corrected chi connectivity index (χ1v) is 11.3. The molecule has 0 amide bonds. The summed E-state index contributed by atoms with van der Waals surface area (Å²) in [5.74, 6) is 1.20. The van der Waals surface area contributed by atoms with Crippen molar-refractivity contribution in [2.75, 3.05) is 24.9 Å². The van der Waals surface area contributed by atoms with Gasteiger partial charge in [-0.2, -0.15) is 0 Å². The van der Waals surface area contributed by atoms with Crippen LogP contribution in [-0.4, -0.2) is 24.9 Å². The van der Waals surface area contributed by atoms with Crippen LogP contribution in [0.5, 0.6) is 11.5 Å². The molecule has 178 valence electrons. The smallest absolute Gasteiger partial charge is 0.269 e. The summed E-state index contributed by atoms with van der Waals surface area (Å²) < 4.78 is 10.8. The molecule has 35 heavy (non-hydrogen) atoms. The number of nitrogens with one attached hydrogen (secondary N) is 2. The van der Waals surface area contributed by atoms with Crippen molar-refractivity contribution in [1.29, 1.82) is 0 Å². The second kappa shape index (κ2) is 9.13. The second-order valence-corrected chi connectivity index (χ2v) is 8.64. The highest BCUT2D eigenvalue weighted by Crippen LogP contribution is 2.45. The van der Waals surface area contributed by atoms with Crippen LogP contribution in [0.15, 0.2) is 78.0 Å². The lowest BCUT2D eigenvalue weighted by Gasteiger charge is -2.30. The van der Waals surface area contributed by atoms with Crippen molar-refractivity contribution in [2.24, 2.45) is 0 Å². The second-order valence-electron chi connectivity index (χ2n) is 8.64. The Morgan fingerprint density at radius 2 is 1.66 bits per heavy atom. The molecule has 0 saturated heterocycles. The first-order valence-electron chi connectivity index (χ1n) is 11.3. The Balaban J connectivity index is 1.59. The van der Waals surface area contributed by atoms with Gasteiger partial charge >= 0.3 is 0 Å². The zero-order valence-electron chi connectivity index (χ0n) is 19.4. The summed E-state index contributed by atoms with van der Waals surface area (Å²) in [5.41, 5.74) is 4.75. The number of non-ortho nitro benzene ring substituents is 1. The number of allylic oxidation sites excluding steroid dienone is 1. The Kier molecular flexibility index (Phi) is 5.86. The fourth-order valence-electron chi connectivity index (χ4n) is 4.90. The lowest BCUT2D eigenvalue weighted by Crippen LogP contribution is -2.27. The van der Waals surface area contributed by atoms with Gasteiger partial charge in [0.25, 0.3) is 5.69 Å². The molecule has 2 aliphatic rings. The molecule has 0 bridgehead atoms. The molecule has 2 atom stereocenters. The maximum absolute atomic E-state index is 13.7. The average molecular weight is 472 g/mol. The van der Waals surface area contributed by atoms with E-state index in [1.165, 1.54) is 12.1 Å². The van der Waals surface area contributed by atoms with Gasteiger partial charge < -0.3 is 20.1 Å². The Hall–Kier alpha value is -4.33. The predicted molar refractivity (Wildman–Crippen MR) is 133 cm³/mol. The normalized spacial score (nSPS) is 19.0. The number of hydrogen-bond donors (Lipinski definition) is 2. The lowest BCUT2D eigenvalue weighted by atomic mass is 9.78. The van der Waals surface area contributed by atoms with Crippen molar-refractivity contribution in [3.63, 3.8) is 0 Å². The van der Waals surface area contributed by atoms with Gasteiger partial charge in [0, 0.05) is 29.8 Å². The predicted octanol–water partition coefficient (Wildman–Crippen LogP) is 5.59. The van der Waals surface area contributed by atoms with Gasteiger partial charge in [0.2, 0.25) is 0 Å². The molecule has 1 aliphatic carbocycles. The van der Waals surface area contributed by atoms with E-state index in [2.05, 4.69) is 10.6 Å². The molecule has 3 aromatic rings. The summed E-state index contributed by atoms with van der Waals surface area (Å²) in [6.45, 7) is 0. The number of hydrogen-bond acceptors (Lipinski definition) is 7. The van der Waals surface area contributed by atoms with Crippen LogP contribution in [0.4, 0.5) is 17.1 Å². The minimum absolute atomic E-state index is 0.00431. The Morgan fingerprint density at radius 1 is 0.886 bits per heavy atom. The van der Waals surface area contributed by atoms with Crippen LogP contribution in [-0.2, 0) is 4.79 Å². The van der Waals surface area contributed by atoms with Gasteiger partial charge in [-0.1, -0.05) is 30.3 Å². The van der Waals surface area contributed by atoms with Crippen LogP contribution in [0.2, 0.25) is 0 Å². The largest absolute Gasteiger partial charge is 0.493 e. The first-order chi connectivity index (χ1) is 17.0. The standard InChI is InChI=1S/C27H25N3O5/c1-34-24-11-10-16(15-25(24)35-2)18-13-22-26(23(31)14-18)27(17-6-5-7-19(12-17)30(32)33)29-21-9-4-3-8-20(21)28-22/h3-12,15,18,27-29H,13-14H2,1-2H3/t18-,27+/m0/s1. The van der Waals surface area contributed by atoms with E-state index < -0.39 is 11.0 Å². The monoisotopic (exact) mass is 471 g/mol. The molecule has 0 radical (unpaired) electrons. The molecule has 0 unspecified atom stereocenters. The van der Waals surface area contributed by atoms with E-state index in [0.717, 1.165) is 22.6 Å². The van der Waals surface area contributed by atoms with Gasteiger partial charge in [-0.3, -0.25) is 14.9 Å². The topological polar surface area (TPSA) is 103 Å². The maximum atomic E-state index is 13.7. The van der Waals surface area contributed by atoms with E-state index in [1.807, 2.05) is 48.5 Å². The Morgan fingerprint density at radius 3 is 2.40 bits per heavy atom. The molecule has 0 fully saturated rings. The molecule has 0 saturated carbocycles. The number of benzene rings is 3. The third-order valence-electron chi connectivity index (χ3n) is 6.60. The molecular weight excluding hydrogens is 446 g/mol. The van der Waals surface area contributed by atoms with E-state index in [4.69, 9.17) is 9.47 Å². The van der Waals surface area contributed by atoms with Crippen molar-refractivity contribution in [1.82, 2.24) is 0 Å². The Bertz CT molecular complexity index is 1350. The van der Waals surface area contributed by atoms with Crippen LogP contribution in [0.1, 0.15) is 35.9 Å². The molecule has 0 spiro atoms. The third-order valence-corrected chi connectivity index (χ3v) is 6.60. The van der Waals surface area contributed by atoms with Crippen LogP contribution in [0.25, 0.3) is 0 Å². The summed E-state index contributed by atoms with van der Waals surface area (Å²) in [4.78, 5) is 24.7. The number of carbonyl (C=O) groups excluding carboxylic acids is 1. The van der Waals surface area contributed by atoms with E-state index in [9.17, 15) is 14.9 Å². The van der Waals surface area contributed by atoms with Gasteiger partial charge in [0.1, 0.15) is 0 Å². The van der Waals surface area contributed by atoms with Crippen molar-refractivity contribution in [2.45, 2.75) is 24.8 Å². The molecule has 8 nitrogen and oxygen atoms in total. The van der Waals surface area contributed by atoms with Crippen LogP contribution in [0, 0.1) is 10.1 Å². The third kappa shape index (κ3) is 4.19. The zero-order valence-corrected chi connectivity index (χ0v) is 19.4. The SMILES string of the molecule is COc1ccc([C@@H]2CC(=O)C3=C(C2)Nc2ccccc2N[C@@H]3c2cccc([N+](=O)[O-])c2)cc1OC. The number of methoxy groups -OCH3 is 2. The minimum Gasteiger partial charge on any atom is -0.493 e. The highest BCUT2D eigenvalue weighted by molar-refractivity contribution is 6.01. The number of Topliss-reactive ketones (excluding diaryl/α,β-unsaturated/α-hetero) is 1. The van der Waals surface area contributed by atoms with Crippen LogP contribution in [0.3, 0.4) is 0 Å². The summed E-state index contributed by atoms with van der Waals surface area (Å²) in [7, 11) is 3.18. The van der Waals surface area contributed by atoms with Gasteiger partial charge in [0.05, 0.1) is 36.6 Å². The first kappa shape index (κ1) is 22.5. The van der Waals surface area contributed by atoms with Gasteiger partial charge in [-0.25, -0.2) is 0 Å². The van der Waals surface area contributed by atoms with Crippen LogP contribution < -0.4 is 20.1 Å². The highest BCUT2D eigenvalue weighted by Gasteiger charge is 2.36. The molecule has 5 rings (SSSR count). The van der Waals surface area contributed by atoms with Gasteiger partial charge in [-0.15, -0.1) is 0 Å². The summed E-state index contributed by atoms with van der Waals surface area (Å²) in [5, 5.41) is 18.4. The van der Waals surface area contributed by atoms with E-state index in [1.54, 1.807) is 20.3 Å². The number of carbonyl (C=O) groups is 1. The quantitative estimate of drug-likeness (QED) is 0.369. The van der Waals surface area contributed by atoms with Crippen molar-refractivity contribution in [3.8, 4) is 11.5 Å². The fraction of sp³-hybridized carbons (Fsp3) is 0.222. The number of nitrogens with zero attached hydrogens (tertiary/aromatic N) is 1. The number of anilines is 2. The number of ether oxygens (including phenoxy) is 2. The minimum atomic E-state index is -0.514. The van der Waals surface area contributed by atoms with Crippen molar-refractivity contribution >= 4 is 22.8 Å². The van der Waals surface area contributed by atoms with Crippen molar-refractivity contribution in [3.05, 3.63) is 99.2 Å². The molecule has 3 aromatic carbocycles. The van der Waals surface area contributed by atoms with Crippen LogP contribution >= 0.6 is 0 Å². The molecule has 1 aliphatic heterocycles. The van der Waals surface area contributed by atoms with E-state index >= 15 is 0 Å². The van der Waals surface area contributed by atoms with E-state index in [0.29, 0.717) is 35.5 Å². The number of nitro groups is 1. The molecule has 2 N–H and O–H groups in total. The highest BCUT2D eigenvalue weighted by atomic mass is 16.6. The molecular formula is C27H25N3O5. The number of fused-ring (bicyclic) bond motifs is 1. The molecule has 8 heteroatoms. The zero-order chi connectivity index (χ0) is 24.5. The number of rotatable bonds is 5. The van der Waals surface area contributed by atoms with Gasteiger partial charge in [0.15, 0.2) is 17.3 Å². The summed E-state index contributed by atoms with van der Waals surface area (Å²) in [6, 6.07) is 19.4.